The minimum Gasteiger partial charge on any atom is -0.435 e. The molecule has 1 aromatic heterocycles. The summed E-state index contributed by atoms with van der Waals surface area (Å²) in [6.45, 7) is 1.75. The van der Waals surface area contributed by atoms with E-state index >= 15 is 8.78 Å². The van der Waals surface area contributed by atoms with Crippen molar-refractivity contribution in [2.24, 2.45) is 0 Å². The number of rotatable bonds is 4. The van der Waals surface area contributed by atoms with E-state index in [4.69, 9.17) is 4.42 Å². The number of halogens is 2. The lowest BCUT2D eigenvalue weighted by Gasteiger charge is -2.29. The first-order valence-electron chi connectivity index (χ1n) is 9.75. The average molecular weight is 420 g/mol. The van der Waals surface area contributed by atoms with Crippen LogP contribution < -0.4 is 4.90 Å². The molecule has 0 spiro atoms. The zero-order chi connectivity index (χ0) is 21.8. The van der Waals surface area contributed by atoms with Gasteiger partial charge in [-0.2, -0.15) is 8.78 Å². The fraction of sp³-hybridized carbons (Fsp3) is 0.167. The number of alkyl halides is 2. The van der Waals surface area contributed by atoms with Gasteiger partial charge < -0.3 is 14.4 Å². The monoisotopic (exact) mass is 420 g/mol. The van der Waals surface area contributed by atoms with Crippen molar-refractivity contribution in [3.8, 4) is 0 Å². The van der Waals surface area contributed by atoms with Gasteiger partial charge in [0, 0.05) is 5.56 Å². The maximum Gasteiger partial charge on any atom is 0.363 e. The van der Waals surface area contributed by atoms with Crippen molar-refractivity contribution in [3.05, 3.63) is 95.4 Å². The fourth-order valence-corrected chi connectivity index (χ4v) is 3.98. The van der Waals surface area contributed by atoms with Crippen molar-refractivity contribution >= 4 is 22.7 Å². The van der Waals surface area contributed by atoms with Gasteiger partial charge in [-0.25, -0.2) is 4.98 Å². The van der Waals surface area contributed by atoms with Gasteiger partial charge in [-0.15, -0.1) is 0 Å². The highest BCUT2D eigenvalue weighted by Crippen LogP contribution is 2.53. The molecule has 3 aromatic carbocycles. The highest BCUT2D eigenvalue weighted by Gasteiger charge is 2.68. The van der Waals surface area contributed by atoms with Crippen LogP contribution in [-0.2, 0) is 22.9 Å². The highest BCUT2D eigenvalue weighted by molar-refractivity contribution is 6.07. The van der Waals surface area contributed by atoms with Gasteiger partial charge in [-0.3, -0.25) is 4.79 Å². The van der Waals surface area contributed by atoms with E-state index in [1.807, 2.05) is 6.07 Å². The van der Waals surface area contributed by atoms with Crippen molar-refractivity contribution in [3.63, 3.8) is 0 Å². The zero-order valence-corrected chi connectivity index (χ0v) is 16.5. The summed E-state index contributed by atoms with van der Waals surface area (Å²) in [4.78, 5) is 18.4. The van der Waals surface area contributed by atoms with Gasteiger partial charge in [0.25, 0.3) is 11.8 Å². The molecule has 2 heterocycles. The van der Waals surface area contributed by atoms with Crippen LogP contribution in [0.4, 0.5) is 14.5 Å². The van der Waals surface area contributed by atoms with E-state index in [2.05, 4.69) is 4.98 Å². The number of carbonyl (C=O) groups excluding carboxylic acids is 1. The minimum atomic E-state index is -4.10. The lowest BCUT2D eigenvalue weighted by molar-refractivity contribution is -0.204. The number of benzene rings is 3. The Morgan fingerprint density at radius 3 is 2.52 bits per heavy atom. The van der Waals surface area contributed by atoms with E-state index in [0.29, 0.717) is 5.56 Å². The van der Waals surface area contributed by atoms with Crippen LogP contribution in [0.25, 0.3) is 11.1 Å². The predicted molar refractivity (Wildman–Crippen MR) is 111 cm³/mol. The molecule has 0 saturated heterocycles. The van der Waals surface area contributed by atoms with E-state index in [-0.39, 0.29) is 28.9 Å². The summed E-state index contributed by atoms with van der Waals surface area (Å²) >= 11 is 0. The standard InChI is InChI=1S/C24H18F2N2O3/c1-15-11-12-19-17(13-15)23(30,22(29)28(19)14-16-7-3-2-4-8-16)24(25,26)21-27-18-9-5-6-10-20(18)31-21/h2-13,30H,14H2,1H3. The van der Waals surface area contributed by atoms with Crippen molar-refractivity contribution in [2.45, 2.75) is 25.0 Å². The number of oxazole rings is 1. The van der Waals surface area contributed by atoms with E-state index in [0.717, 1.165) is 5.56 Å². The molecule has 1 atom stereocenters. The first kappa shape index (κ1) is 19.4. The number of amides is 1. The molecule has 1 unspecified atom stereocenters. The Labute approximate surface area is 176 Å². The molecule has 0 bridgehead atoms. The molecule has 1 aliphatic heterocycles. The van der Waals surface area contributed by atoms with Crippen molar-refractivity contribution in [1.82, 2.24) is 4.98 Å². The third kappa shape index (κ3) is 2.77. The molecule has 0 fully saturated rings. The summed E-state index contributed by atoms with van der Waals surface area (Å²) in [5, 5.41) is 11.3. The number of nitrogens with zero attached hydrogens (tertiary/aromatic N) is 2. The van der Waals surface area contributed by atoms with Crippen LogP contribution in [0, 0.1) is 6.92 Å². The summed E-state index contributed by atoms with van der Waals surface area (Å²) in [6, 6.07) is 20.0. The second-order valence-electron chi connectivity index (χ2n) is 7.67. The number of aliphatic hydroxyl groups is 1. The zero-order valence-electron chi connectivity index (χ0n) is 16.5. The van der Waals surface area contributed by atoms with E-state index in [1.54, 1.807) is 55.5 Å². The topological polar surface area (TPSA) is 66.6 Å². The van der Waals surface area contributed by atoms with Crippen LogP contribution >= 0.6 is 0 Å². The molecule has 7 heteroatoms. The van der Waals surface area contributed by atoms with Gasteiger partial charge in [-0.05, 0) is 30.7 Å². The van der Waals surface area contributed by atoms with Gasteiger partial charge in [-0.1, -0.05) is 60.2 Å². The Morgan fingerprint density at radius 1 is 1.06 bits per heavy atom. The van der Waals surface area contributed by atoms with E-state index in [9.17, 15) is 9.90 Å². The molecule has 0 radical (unpaired) electrons. The minimum absolute atomic E-state index is 0.0433. The van der Waals surface area contributed by atoms with Crippen LogP contribution in [0.1, 0.15) is 22.6 Å². The Kier molecular flexibility index (Phi) is 4.20. The van der Waals surface area contributed by atoms with Gasteiger partial charge in [0.1, 0.15) is 5.52 Å². The normalized spacial score (nSPS) is 18.6. The summed E-state index contributed by atoms with van der Waals surface area (Å²) < 4.78 is 36.9. The molecule has 0 saturated carbocycles. The molecule has 156 valence electrons. The quantitative estimate of drug-likeness (QED) is 0.521. The van der Waals surface area contributed by atoms with Crippen molar-refractivity contribution < 1.29 is 23.1 Å². The Morgan fingerprint density at radius 2 is 1.77 bits per heavy atom. The van der Waals surface area contributed by atoms with Crippen molar-refractivity contribution in [2.75, 3.05) is 4.90 Å². The number of aryl methyl sites for hydroxylation is 1. The lowest BCUT2D eigenvalue weighted by Crippen LogP contribution is -2.51. The van der Waals surface area contributed by atoms with Crippen LogP contribution in [0.2, 0.25) is 0 Å². The molecule has 4 aromatic rings. The van der Waals surface area contributed by atoms with E-state index < -0.39 is 23.3 Å². The summed E-state index contributed by atoms with van der Waals surface area (Å²) in [6.07, 6.45) is 0. The smallest absolute Gasteiger partial charge is 0.363 e. The number of fused-ring (bicyclic) bond motifs is 2. The van der Waals surface area contributed by atoms with Gasteiger partial charge in [0.15, 0.2) is 5.58 Å². The highest BCUT2D eigenvalue weighted by atomic mass is 19.3. The third-order valence-corrected chi connectivity index (χ3v) is 5.59. The number of aromatic nitrogens is 1. The second kappa shape index (κ2) is 6.72. The van der Waals surface area contributed by atoms with Crippen LogP contribution in [-0.4, -0.2) is 16.0 Å². The summed E-state index contributed by atoms with van der Waals surface area (Å²) in [5.41, 5.74) is -1.33. The number of anilines is 1. The Balaban J connectivity index is 1.66. The first-order chi connectivity index (χ1) is 14.8. The largest absolute Gasteiger partial charge is 0.435 e. The third-order valence-electron chi connectivity index (χ3n) is 5.59. The summed E-state index contributed by atoms with van der Waals surface area (Å²) in [7, 11) is 0. The van der Waals surface area contributed by atoms with Crippen molar-refractivity contribution in [1.29, 1.82) is 0 Å². The molecule has 1 N–H and O–H groups in total. The number of hydrogen-bond donors (Lipinski definition) is 1. The van der Waals surface area contributed by atoms with Gasteiger partial charge in [0.05, 0.1) is 12.2 Å². The maximum atomic E-state index is 15.8. The molecular formula is C24H18F2N2O3. The lowest BCUT2D eigenvalue weighted by atomic mass is 9.87. The SMILES string of the molecule is Cc1ccc2c(c1)C(O)(C(F)(F)c1nc3ccccc3o1)C(=O)N2Cc1ccccc1. The number of para-hydroxylation sites is 2. The molecule has 5 nitrogen and oxygen atoms in total. The Hall–Kier alpha value is -3.58. The summed E-state index contributed by atoms with van der Waals surface area (Å²) in [5.74, 6) is -6.22. The first-order valence-corrected chi connectivity index (χ1v) is 9.75. The van der Waals surface area contributed by atoms with Crippen LogP contribution in [0.3, 0.4) is 0 Å². The fourth-order valence-electron chi connectivity index (χ4n) is 3.98. The molecule has 0 aliphatic carbocycles. The van der Waals surface area contributed by atoms with Crippen LogP contribution in [0.15, 0.2) is 77.2 Å². The molecular weight excluding hydrogens is 402 g/mol. The predicted octanol–water partition coefficient (Wildman–Crippen LogP) is 4.66. The second-order valence-corrected chi connectivity index (χ2v) is 7.67. The molecule has 5 rings (SSSR count). The van der Waals surface area contributed by atoms with Gasteiger partial charge in [0.2, 0.25) is 5.60 Å². The Bertz CT molecular complexity index is 1270. The number of hydrogen-bond acceptors (Lipinski definition) is 4. The molecule has 1 aliphatic rings. The van der Waals surface area contributed by atoms with Gasteiger partial charge >= 0.3 is 5.92 Å². The molecule has 31 heavy (non-hydrogen) atoms. The van der Waals surface area contributed by atoms with Crippen LogP contribution in [0.5, 0.6) is 0 Å². The number of carbonyl (C=O) groups is 1. The van der Waals surface area contributed by atoms with E-state index in [1.165, 1.54) is 23.1 Å². The average Bonchev–Trinajstić information content (AvgIpc) is 3.30. The molecule has 1 amide bonds. The maximum absolute atomic E-state index is 15.8.